The average molecular weight is 519 g/mol. The van der Waals surface area contributed by atoms with Gasteiger partial charge in [-0.1, -0.05) is 46.9 Å². The van der Waals surface area contributed by atoms with Gasteiger partial charge in [0.05, 0.1) is 26.8 Å². The molecule has 0 aliphatic carbocycles. The summed E-state index contributed by atoms with van der Waals surface area (Å²) in [5.41, 5.74) is 1.20. The summed E-state index contributed by atoms with van der Waals surface area (Å²) in [5, 5.41) is 14.0. The molecule has 5 rings (SSSR count). The maximum atomic E-state index is 13.1. The lowest BCUT2D eigenvalue weighted by atomic mass is 10.1. The number of halogens is 3. The summed E-state index contributed by atoms with van der Waals surface area (Å²) in [6, 6.07) is 8.09. The van der Waals surface area contributed by atoms with E-state index in [1.807, 2.05) is 0 Å². The van der Waals surface area contributed by atoms with Crippen LogP contribution in [0.3, 0.4) is 0 Å². The normalized spacial score (nSPS) is 12.2. The number of hydrogen-bond acceptors (Lipinski definition) is 6. The Labute approximate surface area is 207 Å². The standard InChI is InChI=1S/C23H14Cl3N3O5/c24-14-5-19-18(33-10-34-19)4-11(14)8-29-9-13(12-2-1-3-17(30)21(12)29)22(31)23(32)28-20-15(25)6-27-7-16(20)26/h1-7,9,30H,8,10H2,(H,27,28,32). The first kappa shape index (κ1) is 22.3. The van der Waals surface area contributed by atoms with E-state index >= 15 is 0 Å². The zero-order valence-electron chi connectivity index (χ0n) is 17.1. The third-order valence-electron chi connectivity index (χ3n) is 5.30. The zero-order chi connectivity index (χ0) is 24.0. The van der Waals surface area contributed by atoms with Crippen LogP contribution in [0.1, 0.15) is 15.9 Å². The topological polar surface area (TPSA) is 103 Å². The number of nitrogens with one attached hydrogen (secondary N) is 1. The van der Waals surface area contributed by atoms with Crippen LogP contribution in [0.4, 0.5) is 5.69 Å². The van der Waals surface area contributed by atoms with E-state index in [1.165, 1.54) is 24.7 Å². The van der Waals surface area contributed by atoms with Crippen LogP contribution in [-0.2, 0) is 11.3 Å². The molecule has 172 valence electrons. The van der Waals surface area contributed by atoms with E-state index in [-0.39, 0.29) is 40.4 Å². The molecule has 0 saturated heterocycles. The highest BCUT2D eigenvalue weighted by Crippen LogP contribution is 2.38. The Hall–Kier alpha value is -3.46. The van der Waals surface area contributed by atoms with Crippen LogP contribution in [0.5, 0.6) is 17.2 Å². The number of nitrogens with zero attached hydrogens (tertiary/aromatic N) is 2. The Kier molecular flexibility index (Phi) is 5.73. The highest BCUT2D eigenvalue weighted by molar-refractivity contribution is 6.50. The summed E-state index contributed by atoms with van der Waals surface area (Å²) in [5.74, 6) is -0.764. The minimum atomic E-state index is -0.946. The number of para-hydroxylation sites is 1. The molecule has 1 aliphatic rings. The smallest absolute Gasteiger partial charge is 0.296 e. The minimum absolute atomic E-state index is 0.0611. The Morgan fingerprint density at radius 3 is 2.50 bits per heavy atom. The number of carbonyl (C=O) groups excluding carboxylic acids is 2. The average Bonchev–Trinajstić information content (AvgIpc) is 3.41. The van der Waals surface area contributed by atoms with Crippen LogP contribution in [-0.4, -0.2) is 33.1 Å². The number of fused-ring (bicyclic) bond motifs is 2. The van der Waals surface area contributed by atoms with Crippen molar-refractivity contribution < 1.29 is 24.2 Å². The first-order valence-corrected chi connectivity index (χ1v) is 11.0. The fourth-order valence-corrected chi connectivity index (χ4v) is 4.41. The van der Waals surface area contributed by atoms with E-state index < -0.39 is 11.7 Å². The molecular weight excluding hydrogens is 505 g/mol. The highest BCUT2D eigenvalue weighted by atomic mass is 35.5. The summed E-state index contributed by atoms with van der Waals surface area (Å²) >= 11 is 18.5. The molecule has 0 bridgehead atoms. The SMILES string of the molecule is O=C(Nc1c(Cl)cncc1Cl)C(=O)c1cn(Cc2cc3c(cc2Cl)OCO3)c2c(O)cccc12. The third kappa shape index (κ3) is 3.90. The van der Waals surface area contributed by atoms with Gasteiger partial charge in [-0.25, -0.2) is 0 Å². The molecule has 2 N–H and O–H groups in total. The molecule has 1 amide bonds. The van der Waals surface area contributed by atoms with E-state index in [0.29, 0.717) is 33.0 Å². The summed E-state index contributed by atoms with van der Waals surface area (Å²) in [4.78, 5) is 29.7. The number of aromatic hydroxyl groups is 1. The van der Waals surface area contributed by atoms with E-state index in [2.05, 4.69) is 10.3 Å². The van der Waals surface area contributed by atoms with E-state index in [9.17, 15) is 14.7 Å². The van der Waals surface area contributed by atoms with Crippen molar-refractivity contribution in [2.24, 2.45) is 0 Å². The van der Waals surface area contributed by atoms with Crippen molar-refractivity contribution in [3.8, 4) is 17.2 Å². The molecule has 0 unspecified atom stereocenters. The first-order chi connectivity index (χ1) is 16.3. The number of rotatable bonds is 5. The Morgan fingerprint density at radius 2 is 1.76 bits per heavy atom. The number of Topliss-reactive ketones (excluding diaryl/α,β-unsaturated/α-hetero) is 1. The quantitative estimate of drug-likeness (QED) is 0.274. The van der Waals surface area contributed by atoms with Crippen molar-refractivity contribution in [3.63, 3.8) is 0 Å². The number of anilines is 1. The number of carbonyl (C=O) groups is 2. The predicted octanol–water partition coefficient (Wildman–Crippen LogP) is 5.30. The second kappa shape index (κ2) is 8.72. The predicted molar refractivity (Wildman–Crippen MR) is 127 cm³/mol. The molecule has 2 aromatic heterocycles. The number of ketones is 1. The first-order valence-electron chi connectivity index (χ1n) is 9.87. The van der Waals surface area contributed by atoms with Gasteiger partial charge in [0, 0.05) is 41.6 Å². The fraction of sp³-hybridized carbons (Fsp3) is 0.0870. The second-order valence-corrected chi connectivity index (χ2v) is 8.62. The Bertz CT molecular complexity index is 1460. The van der Waals surface area contributed by atoms with Crippen LogP contribution >= 0.6 is 34.8 Å². The van der Waals surface area contributed by atoms with Crippen LogP contribution < -0.4 is 14.8 Å². The third-order valence-corrected chi connectivity index (χ3v) is 6.23. The number of benzene rings is 2. The number of pyridine rings is 1. The van der Waals surface area contributed by atoms with Gasteiger partial charge in [0.25, 0.3) is 11.7 Å². The van der Waals surface area contributed by atoms with Gasteiger partial charge < -0.3 is 24.5 Å². The number of ether oxygens (including phenoxy) is 2. The lowest BCUT2D eigenvalue weighted by molar-refractivity contribution is -0.112. The van der Waals surface area contributed by atoms with Crippen molar-refractivity contribution in [2.75, 3.05) is 12.1 Å². The van der Waals surface area contributed by atoms with Gasteiger partial charge in [-0.05, 0) is 17.7 Å². The molecule has 4 aromatic rings. The molecule has 2 aromatic carbocycles. The molecule has 0 atom stereocenters. The number of phenolic OH excluding ortho intramolecular Hbond substituents is 1. The van der Waals surface area contributed by atoms with Crippen LogP contribution in [0.2, 0.25) is 15.1 Å². The fourth-order valence-electron chi connectivity index (χ4n) is 3.73. The maximum Gasteiger partial charge on any atom is 0.296 e. The second-order valence-electron chi connectivity index (χ2n) is 7.40. The van der Waals surface area contributed by atoms with Crippen LogP contribution in [0, 0.1) is 0 Å². The van der Waals surface area contributed by atoms with Gasteiger partial charge >= 0.3 is 0 Å². The van der Waals surface area contributed by atoms with Crippen LogP contribution in [0.15, 0.2) is 48.9 Å². The zero-order valence-corrected chi connectivity index (χ0v) is 19.4. The van der Waals surface area contributed by atoms with Crippen molar-refractivity contribution in [1.29, 1.82) is 0 Å². The summed E-state index contributed by atoms with van der Waals surface area (Å²) in [6.07, 6.45) is 4.09. The van der Waals surface area contributed by atoms with Gasteiger partial charge in [0.15, 0.2) is 11.5 Å². The molecule has 0 saturated carbocycles. The maximum absolute atomic E-state index is 13.1. The molecule has 1 aliphatic heterocycles. The molecule has 11 heteroatoms. The van der Waals surface area contributed by atoms with Crippen molar-refractivity contribution in [2.45, 2.75) is 6.54 Å². The van der Waals surface area contributed by atoms with E-state index in [4.69, 9.17) is 44.3 Å². The summed E-state index contributed by atoms with van der Waals surface area (Å²) < 4.78 is 12.4. The molecule has 3 heterocycles. The largest absolute Gasteiger partial charge is 0.506 e. The number of phenols is 1. The molecule has 0 spiro atoms. The summed E-state index contributed by atoms with van der Waals surface area (Å²) in [7, 11) is 0. The van der Waals surface area contributed by atoms with Crippen molar-refractivity contribution in [1.82, 2.24) is 9.55 Å². The van der Waals surface area contributed by atoms with Crippen LogP contribution in [0.25, 0.3) is 10.9 Å². The lowest BCUT2D eigenvalue weighted by Crippen LogP contribution is -2.23. The molecule has 34 heavy (non-hydrogen) atoms. The monoisotopic (exact) mass is 517 g/mol. The Morgan fingerprint density at radius 1 is 1.06 bits per heavy atom. The molecule has 0 radical (unpaired) electrons. The molecular formula is C23H14Cl3N3O5. The van der Waals surface area contributed by atoms with Gasteiger partial charge in [-0.15, -0.1) is 0 Å². The number of amides is 1. The van der Waals surface area contributed by atoms with Gasteiger partial charge in [-0.3, -0.25) is 14.6 Å². The van der Waals surface area contributed by atoms with E-state index in [1.54, 1.807) is 28.8 Å². The van der Waals surface area contributed by atoms with Gasteiger partial charge in [-0.2, -0.15) is 0 Å². The minimum Gasteiger partial charge on any atom is -0.506 e. The highest BCUT2D eigenvalue weighted by Gasteiger charge is 2.25. The number of hydrogen-bond donors (Lipinski definition) is 2. The summed E-state index contributed by atoms with van der Waals surface area (Å²) in [6.45, 7) is 0.294. The van der Waals surface area contributed by atoms with Crippen molar-refractivity contribution >= 4 is 63.1 Å². The van der Waals surface area contributed by atoms with Gasteiger partial charge in [0.2, 0.25) is 6.79 Å². The van der Waals surface area contributed by atoms with Crippen molar-refractivity contribution in [3.05, 3.63) is 75.1 Å². The Balaban J connectivity index is 1.53. The lowest BCUT2D eigenvalue weighted by Gasteiger charge is -2.09. The van der Waals surface area contributed by atoms with Gasteiger partial charge in [0.1, 0.15) is 5.75 Å². The molecule has 0 fully saturated rings. The molecule has 8 nitrogen and oxygen atoms in total. The number of aromatic nitrogens is 2. The van der Waals surface area contributed by atoms with E-state index in [0.717, 1.165) is 0 Å².